The zero-order valence-corrected chi connectivity index (χ0v) is 11.0. The Hall–Kier alpha value is -1.82. The standard InChI is InChI=1S/C16H19NO2/c17-12-16(14-6-2-1-3-7-14)10-4-5-13(11-16)8-9-15(18)19/h1-3,6-7,13H,4-5,8-11H2,(H,18,19). The first-order chi connectivity index (χ1) is 9.16. The van der Waals surface area contributed by atoms with Crippen molar-refractivity contribution in [3.8, 4) is 6.07 Å². The Morgan fingerprint density at radius 3 is 2.79 bits per heavy atom. The number of carbonyl (C=O) groups is 1. The molecule has 1 aliphatic carbocycles. The summed E-state index contributed by atoms with van der Waals surface area (Å²) in [6.07, 6.45) is 4.63. The Balaban J connectivity index is 2.13. The second kappa shape index (κ2) is 5.88. The monoisotopic (exact) mass is 257 g/mol. The maximum absolute atomic E-state index is 10.7. The van der Waals surface area contributed by atoms with Gasteiger partial charge in [0, 0.05) is 6.42 Å². The van der Waals surface area contributed by atoms with Crippen LogP contribution in [-0.4, -0.2) is 11.1 Å². The van der Waals surface area contributed by atoms with E-state index in [0.717, 1.165) is 31.2 Å². The van der Waals surface area contributed by atoms with Gasteiger partial charge in [0.2, 0.25) is 0 Å². The lowest BCUT2D eigenvalue weighted by Crippen LogP contribution is -2.31. The first kappa shape index (κ1) is 13.6. The Morgan fingerprint density at radius 2 is 2.16 bits per heavy atom. The van der Waals surface area contributed by atoms with Crippen LogP contribution in [0.15, 0.2) is 30.3 Å². The fourth-order valence-electron chi connectivity index (χ4n) is 3.15. The van der Waals surface area contributed by atoms with Gasteiger partial charge in [-0.25, -0.2) is 0 Å². The van der Waals surface area contributed by atoms with Gasteiger partial charge in [-0.2, -0.15) is 5.26 Å². The van der Waals surface area contributed by atoms with Crippen molar-refractivity contribution < 1.29 is 9.90 Å². The van der Waals surface area contributed by atoms with Gasteiger partial charge < -0.3 is 5.11 Å². The van der Waals surface area contributed by atoms with Gasteiger partial charge in [0.15, 0.2) is 0 Å². The summed E-state index contributed by atoms with van der Waals surface area (Å²) in [7, 11) is 0. The van der Waals surface area contributed by atoms with Crippen molar-refractivity contribution in [2.45, 2.75) is 43.9 Å². The van der Waals surface area contributed by atoms with Crippen molar-refractivity contribution in [2.75, 3.05) is 0 Å². The SMILES string of the molecule is N#CC1(c2ccccc2)CCCC(CCC(=O)O)C1. The van der Waals surface area contributed by atoms with Crippen molar-refractivity contribution in [2.24, 2.45) is 5.92 Å². The molecule has 3 nitrogen and oxygen atoms in total. The second-order valence-corrected chi connectivity index (χ2v) is 5.45. The first-order valence-electron chi connectivity index (χ1n) is 6.85. The molecule has 1 fully saturated rings. The molecule has 3 heteroatoms. The van der Waals surface area contributed by atoms with Crippen molar-refractivity contribution >= 4 is 5.97 Å². The molecule has 2 unspecified atom stereocenters. The van der Waals surface area contributed by atoms with Gasteiger partial charge in [-0.1, -0.05) is 43.2 Å². The Kier molecular flexibility index (Phi) is 4.21. The molecule has 2 rings (SSSR count). The van der Waals surface area contributed by atoms with Crippen LogP contribution in [0.2, 0.25) is 0 Å². The van der Waals surface area contributed by atoms with Crippen molar-refractivity contribution in [1.29, 1.82) is 5.26 Å². The van der Waals surface area contributed by atoms with Gasteiger partial charge >= 0.3 is 5.97 Å². The smallest absolute Gasteiger partial charge is 0.303 e. The van der Waals surface area contributed by atoms with Crippen molar-refractivity contribution in [3.05, 3.63) is 35.9 Å². The summed E-state index contributed by atoms with van der Waals surface area (Å²) in [6, 6.07) is 12.4. The highest BCUT2D eigenvalue weighted by molar-refractivity contribution is 5.66. The summed E-state index contributed by atoms with van der Waals surface area (Å²) in [5, 5.41) is 18.4. The second-order valence-electron chi connectivity index (χ2n) is 5.45. The van der Waals surface area contributed by atoms with E-state index in [1.807, 2.05) is 30.3 Å². The third-order valence-electron chi connectivity index (χ3n) is 4.16. The molecule has 0 radical (unpaired) electrons. The fourth-order valence-corrected chi connectivity index (χ4v) is 3.15. The van der Waals surface area contributed by atoms with E-state index >= 15 is 0 Å². The van der Waals surface area contributed by atoms with E-state index < -0.39 is 11.4 Å². The molecule has 1 saturated carbocycles. The number of aliphatic carboxylic acids is 1. The molecule has 100 valence electrons. The zero-order chi connectivity index (χ0) is 13.7. The Labute approximate surface area is 113 Å². The maximum atomic E-state index is 10.7. The highest BCUT2D eigenvalue weighted by Gasteiger charge is 2.37. The van der Waals surface area contributed by atoms with E-state index in [0.29, 0.717) is 12.3 Å². The quantitative estimate of drug-likeness (QED) is 0.897. The number of hydrogen-bond acceptors (Lipinski definition) is 2. The van der Waals surface area contributed by atoms with Crippen LogP contribution in [0.3, 0.4) is 0 Å². The van der Waals surface area contributed by atoms with Crippen LogP contribution in [0.5, 0.6) is 0 Å². The van der Waals surface area contributed by atoms with Crippen LogP contribution in [-0.2, 0) is 10.2 Å². The number of hydrogen-bond donors (Lipinski definition) is 1. The minimum atomic E-state index is -0.743. The molecule has 2 atom stereocenters. The molecule has 0 heterocycles. The lowest BCUT2D eigenvalue weighted by Gasteiger charge is -2.36. The van der Waals surface area contributed by atoms with Gasteiger partial charge in [-0.3, -0.25) is 4.79 Å². The molecular formula is C16H19NO2. The number of nitriles is 1. The topological polar surface area (TPSA) is 61.1 Å². The van der Waals surface area contributed by atoms with E-state index in [1.54, 1.807) is 0 Å². The molecule has 1 aromatic carbocycles. The lowest BCUT2D eigenvalue weighted by atomic mass is 9.66. The molecule has 0 spiro atoms. The van der Waals surface area contributed by atoms with Gasteiger partial charge in [-0.05, 0) is 30.7 Å². The Bertz CT molecular complexity index is 477. The number of benzene rings is 1. The van der Waals surface area contributed by atoms with Crippen molar-refractivity contribution in [3.63, 3.8) is 0 Å². The maximum Gasteiger partial charge on any atom is 0.303 e. The molecule has 0 bridgehead atoms. The van der Waals surface area contributed by atoms with Crippen LogP contribution in [0, 0.1) is 17.2 Å². The molecule has 0 aliphatic heterocycles. The summed E-state index contributed by atoms with van der Waals surface area (Å²) >= 11 is 0. The predicted octanol–water partition coefficient (Wildman–Crippen LogP) is 3.50. The van der Waals surface area contributed by atoms with E-state index in [2.05, 4.69) is 6.07 Å². The Morgan fingerprint density at radius 1 is 1.42 bits per heavy atom. The zero-order valence-electron chi connectivity index (χ0n) is 11.0. The van der Waals surface area contributed by atoms with Crippen LogP contribution >= 0.6 is 0 Å². The van der Waals surface area contributed by atoms with Crippen LogP contribution in [0.1, 0.15) is 44.1 Å². The van der Waals surface area contributed by atoms with E-state index in [1.165, 1.54) is 0 Å². The third kappa shape index (κ3) is 3.14. The molecule has 1 aliphatic rings. The number of nitrogens with zero attached hydrogens (tertiary/aromatic N) is 1. The van der Waals surface area contributed by atoms with E-state index in [-0.39, 0.29) is 6.42 Å². The van der Waals surface area contributed by atoms with Crippen LogP contribution in [0.25, 0.3) is 0 Å². The third-order valence-corrected chi connectivity index (χ3v) is 4.16. The normalized spacial score (nSPS) is 26.6. The number of carboxylic acid groups (broad SMARTS) is 1. The molecule has 1 aromatic rings. The lowest BCUT2D eigenvalue weighted by molar-refractivity contribution is -0.137. The van der Waals surface area contributed by atoms with Crippen molar-refractivity contribution in [1.82, 2.24) is 0 Å². The summed E-state index contributed by atoms with van der Waals surface area (Å²) in [6.45, 7) is 0. The van der Waals surface area contributed by atoms with Crippen LogP contribution < -0.4 is 0 Å². The number of rotatable bonds is 4. The molecule has 0 saturated heterocycles. The summed E-state index contributed by atoms with van der Waals surface area (Å²) in [5.74, 6) is -0.391. The molecule has 1 N–H and O–H groups in total. The highest BCUT2D eigenvalue weighted by atomic mass is 16.4. The molecule has 19 heavy (non-hydrogen) atoms. The van der Waals surface area contributed by atoms with Gasteiger partial charge in [0.25, 0.3) is 0 Å². The van der Waals surface area contributed by atoms with Gasteiger partial charge in [0.1, 0.15) is 0 Å². The van der Waals surface area contributed by atoms with E-state index in [9.17, 15) is 10.1 Å². The predicted molar refractivity (Wildman–Crippen MR) is 72.6 cm³/mol. The van der Waals surface area contributed by atoms with Crippen LogP contribution in [0.4, 0.5) is 0 Å². The van der Waals surface area contributed by atoms with Gasteiger partial charge in [0.05, 0.1) is 11.5 Å². The largest absolute Gasteiger partial charge is 0.481 e. The minimum absolute atomic E-state index is 0.209. The molecule has 0 amide bonds. The molecular weight excluding hydrogens is 238 g/mol. The number of carboxylic acids is 1. The van der Waals surface area contributed by atoms with Gasteiger partial charge in [-0.15, -0.1) is 0 Å². The minimum Gasteiger partial charge on any atom is -0.481 e. The highest BCUT2D eigenvalue weighted by Crippen LogP contribution is 2.42. The average molecular weight is 257 g/mol. The fraction of sp³-hybridized carbons (Fsp3) is 0.500. The molecule has 0 aromatic heterocycles. The first-order valence-corrected chi connectivity index (χ1v) is 6.85. The average Bonchev–Trinajstić information content (AvgIpc) is 2.46. The van der Waals surface area contributed by atoms with E-state index in [4.69, 9.17) is 5.11 Å². The summed E-state index contributed by atoms with van der Waals surface area (Å²) in [5.41, 5.74) is 0.667. The summed E-state index contributed by atoms with van der Waals surface area (Å²) in [4.78, 5) is 10.7. The summed E-state index contributed by atoms with van der Waals surface area (Å²) < 4.78 is 0.